The average molecular weight is 225 g/mol. The van der Waals surface area contributed by atoms with Crippen LogP contribution < -0.4 is 18.2 Å². The third-order valence-electron chi connectivity index (χ3n) is 0. The zero-order chi connectivity index (χ0) is 8.08. The van der Waals surface area contributed by atoms with Crippen molar-refractivity contribution >= 4 is 22.4 Å². The molecule has 0 unspecified atom stereocenters. The molecule has 0 fully saturated rings. The standard InChI is InChI=1S/FH2O3P.H2O3Se/c1-5(2,3)4;1-4(2)3/h(H2,2,3,4);(H2,1,2,3)/p-4. The predicted molar refractivity (Wildman–Crippen MR) is 15.2 cm³/mol. The van der Waals surface area contributed by atoms with Crippen molar-refractivity contribution in [2.24, 2.45) is 0 Å². The Bertz CT molecular complexity index is 113. The zero-order valence-electron chi connectivity index (χ0n) is 3.68. The molecule has 0 spiro atoms. The molecule has 0 aromatic heterocycles. The van der Waals surface area contributed by atoms with E-state index in [4.69, 9.17) is 26.6 Å². The molecule has 6 nitrogen and oxygen atoms in total. The molecule has 58 valence electrons. The van der Waals surface area contributed by atoms with E-state index in [2.05, 4.69) is 0 Å². The van der Waals surface area contributed by atoms with Crippen LogP contribution >= 0.6 is 7.91 Å². The minimum atomic E-state index is -5.64. The van der Waals surface area contributed by atoms with Gasteiger partial charge in [0, 0.05) is 0 Å². The zero-order valence-corrected chi connectivity index (χ0v) is 6.29. The Morgan fingerprint density at radius 2 is 1.33 bits per heavy atom. The van der Waals surface area contributed by atoms with Gasteiger partial charge < -0.3 is 14.4 Å². The van der Waals surface area contributed by atoms with Gasteiger partial charge in [-0.25, -0.2) is 4.20 Å². The summed E-state index contributed by atoms with van der Waals surface area (Å²) < 4.78 is 44.2. The number of halogens is 1. The molecule has 0 bridgehead atoms. The van der Waals surface area contributed by atoms with Crippen LogP contribution in [0.2, 0.25) is 0 Å². The summed E-state index contributed by atoms with van der Waals surface area (Å²) in [6.07, 6.45) is 0. The first kappa shape index (κ1) is 12.0. The molecular weight excluding hydrogens is 225 g/mol. The quantitative estimate of drug-likeness (QED) is 0.304. The summed E-state index contributed by atoms with van der Waals surface area (Å²) in [4.78, 5) is 16.9. The van der Waals surface area contributed by atoms with Crippen LogP contribution in [-0.2, 0) is 8.40 Å². The van der Waals surface area contributed by atoms with E-state index in [-0.39, 0.29) is 0 Å². The minimum absolute atomic E-state index is 3.79. The molecular formula is FO6PSe-4. The summed E-state index contributed by atoms with van der Waals surface area (Å²) >= 11 is -3.79. The number of hydrogen-bond donors (Lipinski definition) is 0. The van der Waals surface area contributed by atoms with Crippen LogP contribution in [-0.4, -0.2) is 14.5 Å². The summed E-state index contributed by atoms with van der Waals surface area (Å²) in [5, 5.41) is 0. The molecule has 0 heterocycles. The van der Waals surface area contributed by atoms with Crippen molar-refractivity contribution in [3.05, 3.63) is 0 Å². The van der Waals surface area contributed by atoms with Crippen molar-refractivity contribution in [2.75, 3.05) is 0 Å². The molecule has 0 aromatic rings. The molecule has 0 aliphatic carbocycles. The van der Waals surface area contributed by atoms with Gasteiger partial charge in [-0.1, -0.05) is 0 Å². The first-order valence-corrected chi connectivity index (χ1v) is 4.75. The van der Waals surface area contributed by atoms with Crippen LogP contribution in [0.15, 0.2) is 0 Å². The average Bonchev–Trinajstić information content (AvgIpc) is 1.19. The van der Waals surface area contributed by atoms with E-state index >= 15 is 0 Å². The van der Waals surface area contributed by atoms with Gasteiger partial charge in [0.1, 0.15) is 7.91 Å². The fraction of sp³-hybridized carbons (Fsp3) is 0. The van der Waals surface area contributed by atoms with Gasteiger partial charge in [-0.15, -0.1) is 0 Å². The monoisotopic (exact) mass is 226 g/mol. The Morgan fingerprint density at radius 3 is 1.33 bits per heavy atom. The van der Waals surface area contributed by atoms with Crippen LogP contribution in [0.4, 0.5) is 4.20 Å². The first-order valence-electron chi connectivity index (χ1n) is 1.22. The third kappa shape index (κ3) is 3260. The Balaban J connectivity index is 0. The van der Waals surface area contributed by atoms with Gasteiger partial charge in [0.15, 0.2) is 0 Å². The third-order valence-corrected chi connectivity index (χ3v) is 0. The Morgan fingerprint density at radius 1 is 1.33 bits per heavy atom. The Labute approximate surface area is 54.0 Å². The molecule has 0 N–H and O–H groups in total. The molecule has 9 heavy (non-hydrogen) atoms. The molecule has 0 radical (unpaired) electrons. The maximum absolute atomic E-state index is 10.1. The van der Waals surface area contributed by atoms with Gasteiger partial charge in [-0.2, -0.15) is 0 Å². The number of rotatable bonds is 0. The van der Waals surface area contributed by atoms with Crippen LogP contribution in [0.5, 0.6) is 0 Å². The second kappa shape index (κ2) is 5.13. The first-order chi connectivity index (χ1) is 3.73. The van der Waals surface area contributed by atoms with Gasteiger partial charge in [-0.3, -0.25) is 0 Å². The van der Waals surface area contributed by atoms with Crippen LogP contribution in [0.3, 0.4) is 0 Å². The molecule has 0 amide bonds. The molecule has 0 aromatic carbocycles. The molecule has 0 saturated heterocycles. The molecule has 0 aliphatic rings. The maximum atomic E-state index is 10.1. The second-order valence-corrected chi connectivity index (χ2v) is 2.35. The van der Waals surface area contributed by atoms with Crippen molar-refractivity contribution in [1.82, 2.24) is 0 Å². The van der Waals surface area contributed by atoms with Gasteiger partial charge in [0.2, 0.25) is 0 Å². The summed E-state index contributed by atoms with van der Waals surface area (Å²) in [5.41, 5.74) is 0. The summed E-state index contributed by atoms with van der Waals surface area (Å²) in [7, 11) is -5.64. The van der Waals surface area contributed by atoms with Crippen molar-refractivity contribution in [2.45, 2.75) is 0 Å². The van der Waals surface area contributed by atoms with E-state index in [0.29, 0.717) is 0 Å². The van der Waals surface area contributed by atoms with Crippen molar-refractivity contribution in [3.8, 4) is 0 Å². The summed E-state index contributed by atoms with van der Waals surface area (Å²) in [5.74, 6) is 0. The summed E-state index contributed by atoms with van der Waals surface area (Å²) in [6, 6.07) is 0. The molecule has 0 saturated carbocycles. The Hall–Kier alpha value is 0.319. The number of hydrogen-bond acceptors (Lipinski definition) is 6. The van der Waals surface area contributed by atoms with E-state index in [1.54, 1.807) is 0 Å². The van der Waals surface area contributed by atoms with E-state index in [9.17, 15) is 4.20 Å². The second-order valence-electron chi connectivity index (χ2n) is 0.635. The normalized spacial score (nSPS) is 10.4. The Kier molecular flexibility index (Phi) is 6.87. The molecule has 0 rings (SSSR count). The predicted octanol–water partition coefficient (Wildman–Crippen LogP) is -4.09. The van der Waals surface area contributed by atoms with Crippen LogP contribution in [0.1, 0.15) is 0 Å². The van der Waals surface area contributed by atoms with Gasteiger partial charge >= 0.3 is 26.7 Å². The SMILES string of the molecule is O=P([O-])([O-])F.O=[Se]([O-])[O-]. The van der Waals surface area contributed by atoms with Crippen molar-refractivity contribution in [1.29, 1.82) is 0 Å². The topological polar surface area (TPSA) is 126 Å². The molecule has 0 atom stereocenters. The van der Waals surface area contributed by atoms with E-state index in [0.717, 1.165) is 0 Å². The fourth-order valence-electron chi connectivity index (χ4n) is 0. The van der Waals surface area contributed by atoms with E-state index in [1.165, 1.54) is 0 Å². The van der Waals surface area contributed by atoms with Gasteiger partial charge in [0.05, 0.1) is 0 Å². The van der Waals surface area contributed by atoms with Gasteiger partial charge in [0.25, 0.3) is 0 Å². The van der Waals surface area contributed by atoms with Crippen LogP contribution in [0, 0.1) is 0 Å². The molecule has 9 heteroatoms. The van der Waals surface area contributed by atoms with E-state index < -0.39 is 22.4 Å². The van der Waals surface area contributed by atoms with Gasteiger partial charge in [-0.05, 0) is 0 Å². The fourth-order valence-corrected chi connectivity index (χ4v) is 0. The van der Waals surface area contributed by atoms with Crippen molar-refractivity contribution in [3.63, 3.8) is 0 Å². The van der Waals surface area contributed by atoms with Crippen LogP contribution in [0.25, 0.3) is 0 Å². The van der Waals surface area contributed by atoms with E-state index in [1.807, 2.05) is 0 Å². The summed E-state index contributed by atoms with van der Waals surface area (Å²) in [6.45, 7) is 0. The molecule has 0 aliphatic heterocycles. The van der Waals surface area contributed by atoms with Crippen molar-refractivity contribution < 1.29 is 30.8 Å².